The van der Waals surface area contributed by atoms with Crippen LogP contribution in [0.5, 0.6) is 11.5 Å². The van der Waals surface area contributed by atoms with Gasteiger partial charge in [-0.05, 0) is 61.7 Å². The fourth-order valence-corrected chi connectivity index (χ4v) is 4.96. The minimum absolute atomic E-state index is 0.260. The predicted octanol–water partition coefficient (Wildman–Crippen LogP) is 4.23. The molecule has 0 heterocycles. The third kappa shape index (κ3) is 8.08. The van der Waals surface area contributed by atoms with Crippen LogP contribution < -0.4 is 14.4 Å². The molecule has 0 fully saturated rings. The lowest BCUT2D eigenvalue weighted by Gasteiger charge is -2.32. The second kappa shape index (κ2) is 13.6. The fraction of sp³-hybridized carbons (Fsp3) is 0.310. The minimum atomic E-state index is -3.80. The Labute approximate surface area is 225 Å². The van der Waals surface area contributed by atoms with Crippen LogP contribution in [0.25, 0.3) is 0 Å². The molecule has 0 aliphatic rings. The average Bonchev–Trinajstić information content (AvgIpc) is 2.90. The lowest BCUT2D eigenvalue weighted by atomic mass is 10.1. The van der Waals surface area contributed by atoms with E-state index in [-0.39, 0.29) is 12.5 Å². The topological polar surface area (TPSA) is 96.0 Å². The Hall–Kier alpha value is -3.85. The Bertz CT molecular complexity index is 1280. The molecule has 0 aromatic heterocycles. The summed E-state index contributed by atoms with van der Waals surface area (Å²) in [5.41, 5.74) is 1.35. The van der Waals surface area contributed by atoms with Gasteiger partial charge in [-0.25, -0.2) is 8.42 Å². The number of amides is 2. The minimum Gasteiger partial charge on any atom is -0.457 e. The first kappa shape index (κ1) is 28.7. The van der Waals surface area contributed by atoms with E-state index in [1.165, 1.54) is 4.90 Å². The van der Waals surface area contributed by atoms with Crippen LogP contribution in [0, 0.1) is 0 Å². The van der Waals surface area contributed by atoms with E-state index in [1.54, 1.807) is 24.3 Å². The van der Waals surface area contributed by atoms with Crippen LogP contribution in [0.15, 0.2) is 84.9 Å². The summed E-state index contributed by atoms with van der Waals surface area (Å²) >= 11 is 0. The highest BCUT2D eigenvalue weighted by molar-refractivity contribution is 7.92. The number of likely N-dealkylation sites (N-methyl/N-ethyl adjacent to an activating group) is 1. The third-order valence-electron chi connectivity index (χ3n) is 6.00. The van der Waals surface area contributed by atoms with E-state index in [1.807, 2.05) is 74.5 Å². The van der Waals surface area contributed by atoms with Crippen molar-refractivity contribution >= 4 is 27.5 Å². The highest BCUT2D eigenvalue weighted by Crippen LogP contribution is 2.26. The van der Waals surface area contributed by atoms with Crippen molar-refractivity contribution in [2.24, 2.45) is 0 Å². The van der Waals surface area contributed by atoms with Crippen molar-refractivity contribution in [2.75, 3.05) is 30.2 Å². The summed E-state index contributed by atoms with van der Waals surface area (Å²) < 4.78 is 32.4. The van der Waals surface area contributed by atoms with Gasteiger partial charge in [0.25, 0.3) is 0 Å². The van der Waals surface area contributed by atoms with E-state index in [4.69, 9.17) is 4.74 Å². The SMILES string of the molecule is CCNC(=O)[C@@H](CC)N(CCc1ccccc1)C(=O)CN(c1ccc(Oc2ccccc2)cc1)S(C)(=O)=O. The zero-order chi connectivity index (χ0) is 27.5. The highest BCUT2D eigenvalue weighted by Gasteiger charge is 2.31. The van der Waals surface area contributed by atoms with Crippen molar-refractivity contribution < 1.29 is 22.7 Å². The largest absolute Gasteiger partial charge is 0.457 e. The second-order valence-corrected chi connectivity index (χ2v) is 10.7. The number of hydrogen-bond donors (Lipinski definition) is 1. The maximum absolute atomic E-state index is 13.6. The Morgan fingerprint density at radius 3 is 2.00 bits per heavy atom. The van der Waals surface area contributed by atoms with Crippen LogP contribution in [0.4, 0.5) is 5.69 Å². The van der Waals surface area contributed by atoms with Gasteiger partial charge in [0.2, 0.25) is 21.8 Å². The lowest BCUT2D eigenvalue weighted by Crippen LogP contribution is -2.53. The number of ether oxygens (including phenoxy) is 1. The zero-order valence-electron chi connectivity index (χ0n) is 22.0. The van der Waals surface area contributed by atoms with Gasteiger partial charge in [0.1, 0.15) is 24.1 Å². The summed E-state index contributed by atoms with van der Waals surface area (Å²) in [4.78, 5) is 27.9. The molecule has 8 nitrogen and oxygen atoms in total. The van der Waals surface area contributed by atoms with Gasteiger partial charge >= 0.3 is 0 Å². The highest BCUT2D eigenvalue weighted by atomic mass is 32.2. The van der Waals surface area contributed by atoms with Crippen molar-refractivity contribution in [3.63, 3.8) is 0 Å². The predicted molar refractivity (Wildman–Crippen MR) is 150 cm³/mol. The molecule has 0 radical (unpaired) electrons. The van der Waals surface area contributed by atoms with E-state index in [9.17, 15) is 18.0 Å². The number of carbonyl (C=O) groups excluding carboxylic acids is 2. The maximum Gasteiger partial charge on any atom is 0.244 e. The number of nitrogens with one attached hydrogen (secondary N) is 1. The van der Waals surface area contributed by atoms with Gasteiger partial charge in [-0.1, -0.05) is 55.5 Å². The smallest absolute Gasteiger partial charge is 0.244 e. The number of anilines is 1. The molecule has 0 spiro atoms. The number of hydrogen-bond acceptors (Lipinski definition) is 5. The van der Waals surface area contributed by atoms with Gasteiger partial charge in [-0.2, -0.15) is 0 Å². The molecule has 3 aromatic rings. The number of para-hydroxylation sites is 1. The standard InChI is InChI=1S/C29H35N3O5S/c1-4-27(29(34)30-5-2)31(21-20-23-12-8-6-9-13-23)28(33)22-32(38(3,35)36)24-16-18-26(19-17-24)37-25-14-10-7-11-15-25/h6-19,27H,4-5,20-22H2,1-3H3,(H,30,34)/t27-/m1/s1. The van der Waals surface area contributed by atoms with E-state index in [0.29, 0.717) is 36.6 Å². The van der Waals surface area contributed by atoms with Crippen LogP contribution in [0.3, 0.4) is 0 Å². The van der Waals surface area contributed by atoms with E-state index in [0.717, 1.165) is 16.1 Å². The summed E-state index contributed by atoms with van der Waals surface area (Å²) in [5, 5.41) is 2.79. The van der Waals surface area contributed by atoms with E-state index < -0.39 is 28.5 Å². The molecule has 202 valence electrons. The van der Waals surface area contributed by atoms with E-state index >= 15 is 0 Å². The molecule has 3 rings (SSSR count). The number of carbonyl (C=O) groups is 2. The molecule has 0 saturated heterocycles. The van der Waals surface area contributed by atoms with Crippen molar-refractivity contribution in [2.45, 2.75) is 32.7 Å². The third-order valence-corrected chi connectivity index (χ3v) is 7.14. The molecule has 9 heteroatoms. The van der Waals surface area contributed by atoms with Crippen LogP contribution in [-0.2, 0) is 26.0 Å². The van der Waals surface area contributed by atoms with Gasteiger partial charge in [0.05, 0.1) is 11.9 Å². The normalized spacial score (nSPS) is 11.9. The Morgan fingerprint density at radius 2 is 1.45 bits per heavy atom. The first-order valence-corrected chi connectivity index (χ1v) is 14.5. The van der Waals surface area contributed by atoms with E-state index in [2.05, 4.69) is 5.32 Å². The van der Waals surface area contributed by atoms with Gasteiger partial charge in [0, 0.05) is 13.1 Å². The summed E-state index contributed by atoms with van der Waals surface area (Å²) in [6.07, 6.45) is 1.99. The Morgan fingerprint density at radius 1 is 0.868 bits per heavy atom. The zero-order valence-corrected chi connectivity index (χ0v) is 22.9. The van der Waals surface area contributed by atoms with Crippen LogP contribution in [0.1, 0.15) is 25.8 Å². The van der Waals surface area contributed by atoms with Crippen molar-refractivity contribution in [3.05, 3.63) is 90.5 Å². The quantitative estimate of drug-likeness (QED) is 0.352. The molecule has 38 heavy (non-hydrogen) atoms. The van der Waals surface area contributed by atoms with Gasteiger partial charge in [0.15, 0.2) is 0 Å². The molecule has 0 bridgehead atoms. The second-order valence-electron chi connectivity index (χ2n) is 8.82. The molecule has 2 amide bonds. The number of rotatable bonds is 13. The lowest BCUT2D eigenvalue weighted by molar-refractivity contribution is -0.139. The number of nitrogens with zero attached hydrogens (tertiary/aromatic N) is 2. The average molecular weight is 538 g/mol. The van der Waals surface area contributed by atoms with Gasteiger partial charge < -0.3 is 15.0 Å². The molecule has 3 aromatic carbocycles. The Balaban J connectivity index is 1.83. The molecule has 0 aliphatic heterocycles. The van der Waals surface area contributed by atoms with Gasteiger partial charge in [-0.3, -0.25) is 13.9 Å². The van der Waals surface area contributed by atoms with Crippen LogP contribution in [-0.4, -0.2) is 57.1 Å². The summed E-state index contributed by atoms with van der Waals surface area (Å²) in [7, 11) is -3.80. The van der Waals surface area contributed by atoms with Crippen molar-refractivity contribution in [1.82, 2.24) is 10.2 Å². The van der Waals surface area contributed by atoms with Crippen molar-refractivity contribution in [1.29, 1.82) is 0 Å². The number of sulfonamides is 1. The molecule has 1 atom stereocenters. The molecular formula is C29H35N3O5S. The van der Waals surface area contributed by atoms with Crippen molar-refractivity contribution in [3.8, 4) is 11.5 Å². The monoisotopic (exact) mass is 537 g/mol. The fourth-order valence-electron chi connectivity index (χ4n) is 4.11. The number of benzene rings is 3. The summed E-state index contributed by atoms with van der Waals surface area (Å²) in [5.74, 6) is 0.478. The molecule has 0 aliphatic carbocycles. The summed E-state index contributed by atoms with van der Waals surface area (Å²) in [6, 6.07) is 24.7. The molecule has 1 N–H and O–H groups in total. The molecule has 0 unspecified atom stereocenters. The molecule has 0 saturated carbocycles. The van der Waals surface area contributed by atoms with Crippen LogP contribution >= 0.6 is 0 Å². The maximum atomic E-state index is 13.6. The first-order valence-electron chi connectivity index (χ1n) is 12.6. The van der Waals surface area contributed by atoms with Crippen LogP contribution in [0.2, 0.25) is 0 Å². The Kier molecular flexibility index (Phi) is 10.3. The summed E-state index contributed by atoms with van der Waals surface area (Å²) in [6.45, 7) is 3.94. The first-order chi connectivity index (χ1) is 18.2. The molecular weight excluding hydrogens is 502 g/mol. The van der Waals surface area contributed by atoms with Gasteiger partial charge in [-0.15, -0.1) is 0 Å².